The van der Waals surface area contributed by atoms with Gasteiger partial charge in [-0.15, -0.1) is 0 Å². The van der Waals surface area contributed by atoms with Crippen LogP contribution in [0.15, 0.2) is 24.3 Å². The fourth-order valence-corrected chi connectivity index (χ4v) is 2.12. The zero-order valence-electron chi connectivity index (χ0n) is 9.22. The van der Waals surface area contributed by atoms with Gasteiger partial charge in [0.15, 0.2) is 0 Å². The van der Waals surface area contributed by atoms with Crippen molar-refractivity contribution in [3.63, 3.8) is 0 Å². The van der Waals surface area contributed by atoms with Crippen molar-refractivity contribution in [1.82, 2.24) is 5.32 Å². The Labute approximate surface area is 90.7 Å². The fourth-order valence-electron chi connectivity index (χ4n) is 2.12. The van der Waals surface area contributed by atoms with E-state index in [0.717, 1.165) is 18.7 Å². The van der Waals surface area contributed by atoms with E-state index in [4.69, 9.17) is 0 Å². The highest BCUT2D eigenvalue weighted by molar-refractivity contribution is 5.23. The molecule has 1 aromatic rings. The molecule has 0 aromatic heterocycles. The fraction of sp³-hybridized carbons (Fsp3) is 0.538. The zero-order chi connectivity index (χ0) is 10.7. The van der Waals surface area contributed by atoms with Gasteiger partial charge < -0.3 is 5.32 Å². The van der Waals surface area contributed by atoms with Crippen molar-refractivity contribution >= 4 is 0 Å². The molecule has 2 heteroatoms. The smallest absolute Gasteiger partial charge is 0.117 e. The van der Waals surface area contributed by atoms with Gasteiger partial charge in [0.05, 0.1) is 0 Å². The highest BCUT2D eigenvalue weighted by Gasteiger charge is 2.31. The molecule has 0 unspecified atom stereocenters. The summed E-state index contributed by atoms with van der Waals surface area (Å²) in [6.07, 6.45) is 1.84. The van der Waals surface area contributed by atoms with Crippen molar-refractivity contribution in [2.75, 3.05) is 13.1 Å². The maximum Gasteiger partial charge on any atom is 0.117 e. The number of hydrogen-bond donors (Lipinski definition) is 1. The number of hydrogen-bond acceptors (Lipinski definition) is 1. The third-order valence-electron chi connectivity index (χ3n) is 3.14. The van der Waals surface area contributed by atoms with Gasteiger partial charge in [0, 0.05) is 6.42 Å². The van der Waals surface area contributed by atoms with Gasteiger partial charge in [-0.3, -0.25) is 0 Å². The molecule has 1 heterocycles. The lowest BCUT2D eigenvalue weighted by molar-refractivity contribution is 0.116. The Morgan fingerprint density at radius 1 is 1.20 bits per heavy atom. The van der Waals surface area contributed by atoms with Gasteiger partial charge in [-0.2, -0.15) is 0 Å². The van der Waals surface area contributed by atoms with Crippen LogP contribution in [0.1, 0.15) is 24.0 Å². The maximum absolute atomic E-state index is 14.3. The summed E-state index contributed by atoms with van der Waals surface area (Å²) in [6, 6.07) is 8.19. The van der Waals surface area contributed by atoms with E-state index in [1.54, 1.807) is 0 Å². The van der Waals surface area contributed by atoms with Crippen LogP contribution in [0.5, 0.6) is 0 Å². The Bertz CT molecular complexity index is 312. The standard InChI is InChI=1S/C13H18FN/c1-11-2-4-12(5-3-11)10-13(14)6-8-15-9-7-13/h2-5,15H,6-10H2,1H3. The van der Waals surface area contributed by atoms with Crippen molar-refractivity contribution in [1.29, 1.82) is 0 Å². The number of alkyl halides is 1. The summed E-state index contributed by atoms with van der Waals surface area (Å²) in [6.45, 7) is 3.67. The Balaban J connectivity index is 2.03. The maximum atomic E-state index is 14.3. The first-order chi connectivity index (χ1) is 7.18. The van der Waals surface area contributed by atoms with Crippen LogP contribution in [-0.4, -0.2) is 18.8 Å². The van der Waals surface area contributed by atoms with Gasteiger partial charge in [0.2, 0.25) is 0 Å². The molecular weight excluding hydrogens is 189 g/mol. The number of piperidine rings is 1. The van der Waals surface area contributed by atoms with Gasteiger partial charge in [-0.1, -0.05) is 29.8 Å². The molecule has 1 nitrogen and oxygen atoms in total. The van der Waals surface area contributed by atoms with Crippen molar-refractivity contribution in [3.05, 3.63) is 35.4 Å². The van der Waals surface area contributed by atoms with E-state index < -0.39 is 5.67 Å². The Hall–Kier alpha value is -0.890. The highest BCUT2D eigenvalue weighted by Crippen LogP contribution is 2.27. The first-order valence-electron chi connectivity index (χ1n) is 5.63. The predicted molar refractivity (Wildman–Crippen MR) is 60.8 cm³/mol. The molecule has 1 N–H and O–H groups in total. The lowest BCUT2D eigenvalue weighted by atomic mass is 9.87. The predicted octanol–water partition coefficient (Wildman–Crippen LogP) is 2.63. The topological polar surface area (TPSA) is 12.0 Å². The van der Waals surface area contributed by atoms with Gasteiger partial charge >= 0.3 is 0 Å². The molecule has 1 aliphatic heterocycles. The average Bonchev–Trinajstić information content (AvgIpc) is 2.22. The minimum Gasteiger partial charge on any atom is -0.316 e. The van der Waals surface area contributed by atoms with Crippen LogP contribution in [0.2, 0.25) is 0 Å². The SMILES string of the molecule is Cc1ccc(CC2(F)CCNCC2)cc1. The Morgan fingerprint density at radius 3 is 2.40 bits per heavy atom. The van der Waals surface area contributed by atoms with Gasteiger partial charge in [0.1, 0.15) is 5.67 Å². The monoisotopic (exact) mass is 207 g/mol. The minimum absolute atomic E-state index is 0.564. The quantitative estimate of drug-likeness (QED) is 0.786. The molecule has 1 aliphatic rings. The van der Waals surface area contributed by atoms with E-state index in [9.17, 15) is 4.39 Å². The average molecular weight is 207 g/mol. The summed E-state index contributed by atoms with van der Waals surface area (Å²) >= 11 is 0. The molecule has 0 atom stereocenters. The van der Waals surface area contributed by atoms with Gasteiger partial charge in [-0.05, 0) is 38.4 Å². The van der Waals surface area contributed by atoms with Crippen molar-refractivity contribution in [2.45, 2.75) is 31.9 Å². The van der Waals surface area contributed by atoms with E-state index in [2.05, 4.69) is 24.4 Å². The molecular formula is C13H18FN. The Kier molecular flexibility index (Phi) is 3.06. The molecule has 82 valence electrons. The molecule has 0 aliphatic carbocycles. The van der Waals surface area contributed by atoms with E-state index in [-0.39, 0.29) is 0 Å². The van der Waals surface area contributed by atoms with Crippen molar-refractivity contribution in [2.24, 2.45) is 0 Å². The lowest BCUT2D eigenvalue weighted by Crippen LogP contribution is -2.40. The number of rotatable bonds is 2. The minimum atomic E-state index is -0.986. The van der Waals surface area contributed by atoms with E-state index in [1.807, 2.05) is 12.1 Å². The van der Waals surface area contributed by atoms with Crippen LogP contribution in [0, 0.1) is 6.92 Å². The third-order valence-corrected chi connectivity index (χ3v) is 3.14. The van der Waals surface area contributed by atoms with Crippen molar-refractivity contribution in [3.8, 4) is 0 Å². The molecule has 15 heavy (non-hydrogen) atoms. The summed E-state index contributed by atoms with van der Waals surface area (Å²) < 4.78 is 14.3. The van der Waals surface area contributed by atoms with Crippen LogP contribution < -0.4 is 5.32 Å². The molecule has 0 radical (unpaired) electrons. The second kappa shape index (κ2) is 4.31. The summed E-state index contributed by atoms with van der Waals surface area (Å²) in [5.41, 5.74) is 1.36. The number of nitrogens with one attached hydrogen (secondary N) is 1. The highest BCUT2D eigenvalue weighted by atomic mass is 19.1. The normalized spacial score (nSPS) is 20.1. The van der Waals surface area contributed by atoms with E-state index >= 15 is 0 Å². The Morgan fingerprint density at radius 2 is 1.80 bits per heavy atom. The molecule has 0 spiro atoms. The molecule has 2 rings (SSSR count). The van der Waals surface area contributed by atoms with E-state index in [1.165, 1.54) is 5.56 Å². The summed E-state index contributed by atoms with van der Waals surface area (Å²) in [4.78, 5) is 0. The van der Waals surface area contributed by atoms with Crippen LogP contribution in [-0.2, 0) is 6.42 Å². The van der Waals surface area contributed by atoms with Crippen LogP contribution >= 0.6 is 0 Å². The molecule has 1 saturated heterocycles. The molecule has 1 aromatic carbocycles. The summed E-state index contributed by atoms with van der Waals surface area (Å²) in [5.74, 6) is 0. The zero-order valence-corrected chi connectivity index (χ0v) is 9.22. The van der Waals surface area contributed by atoms with E-state index in [0.29, 0.717) is 19.3 Å². The van der Waals surface area contributed by atoms with Crippen LogP contribution in [0.25, 0.3) is 0 Å². The van der Waals surface area contributed by atoms with Crippen LogP contribution in [0.4, 0.5) is 4.39 Å². The third kappa shape index (κ3) is 2.78. The second-order valence-electron chi connectivity index (χ2n) is 4.56. The number of halogens is 1. The lowest BCUT2D eigenvalue weighted by Gasteiger charge is -2.30. The molecule has 0 bridgehead atoms. The first kappa shape index (κ1) is 10.6. The van der Waals surface area contributed by atoms with Gasteiger partial charge in [-0.25, -0.2) is 4.39 Å². The summed E-state index contributed by atoms with van der Waals surface area (Å²) in [7, 11) is 0. The largest absolute Gasteiger partial charge is 0.316 e. The molecule has 1 fully saturated rings. The molecule has 0 saturated carbocycles. The van der Waals surface area contributed by atoms with Gasteiger partial charge in [0.25, 0.3) is 0 Å². The first-order valence-corrected chi connectivity index (χ1v) is 5.63. The summed E-state index contributed by atoms with van der Waals surface area (Å²) in [5, 5.41) is 3.19. The van der Waals surface area contributed by atoms with Crippen LogP contribution in [0.3, 0.4) is 0 Å². The second-order valence-corrected chi connectivity index (χ2v) is 4.56. The number of benzene rings is 1. The molecule has 0 amide bonds. The number of aryl methyl sites for hydroxylation is 1. The van der Waals surface area contributed by atoms with Crippen molar-refractivity contribution < 1.29 is 4.39 Å².